The summed E-state index contributed by atoms with van der Waals surface area (Å²) in [5, 5.41) is 8.04. The first-order chi connectivity index (χ1) is 3.27. The van der Waals surface area contributed by atoms with E-state index in [2.05, 4.69) is 4.74 Å². The Labute approximate surface area is 58.5 Å². The zero-order chi connectivity index (χ0) is 5.70. The number of esters is 1. The van der Waals surface area contributed by atoms with E-state index in [0.29, 0.717) is 0 Å². The molecule has 0 spiro atoms. The van der Waals surface area contributed by atoms with Crippen molar-refractivity contribution in [2.75, 3.05) is 13.2 Å². The summed E-state index contributed by atoms with van der Waals surface area (Å²) < 4.78 is 4.30. The van der Waals surface area contributed by atoms with E-state index in [1.165, 1.54) is 6.92 Å². The van der Waals surface area contributed by atoms with Crippen LogP contribution in [0.25, 0.3) is 0 Å². The molecule has 0 aromatic carbocycles. The van der Waals surface area contributed by atoms with Crippen molar-refractivity contribution in [2.24, 2.45) is 0 Å². The fourth-order valence-electron chi connectivity index (χ4n) is 0.189. The SMILES string of the molecule is CC(=O)OCCO.[Cu]. The van der Waals surface area contributed by atoms with Crippen LogP contribution < -0.4 is 0 Å². The minimum atomic E-state index is -0.353. The first-order valence-corrected chi connectivity index (χ1v) is 2.01. The van der Waals surface area contributed by atoms with Crippen LogP contribution in [-0.2, 0) is 26.6 Å². The van der Waals surface area contributed by atoms with Crippen LogP contribution in [0.4, 0.5) is 0 Å². The molecule has 0 saturated carbocycles. The maximum Gasteiger partial charge on any atom is 0.302 e. The van der Waals surface area contributed by atoms with Crippen molar-refractivity contribution in [2.45, 2.75) is 6.92 Å². The molecule has 53 valence electrons. The Morgan fingerprint density at radius 2 is 2.25 bits per heavy atom. The molecule has 1 radical (unpaired) electrons. The van der Waals surface area contributed by atoms with Crippen LogP contribution in [0.1, 0.15) is 6.92 Å². The van der Waals surface area contributed by atoms with E-state index >= 15 is 0 Å². The smallest absolute Gasteiger partial charge is 0.302 e. The topological polar surface area (TPSA) is 46.5 Å². The summed E-state index contributed by atoms with van der Waals surface area (Å²) in [6, 6.07) is 0. The minimum absolute atomic E-state index is 0. The number of aliphatic hydroxyl groups is 1. The van der Waals surface area contributed by atoms with Crippen LogP contribution in [0.5, 0.6) is 0 Å². The Morgan fingerprint density at radius 3 is 2.38 bits per heavy atom. The van der Waals surface area contributed by atoms with Crippen molar-refractivity contribution in [3.8, 4) is 0 Å². The predicted molar refractivity (Wildman–Crippen MR) is 23.7 cm³/mol. The van der Waals surface area contributed by atoms with Gasteiger partial charge in [-0.1, -0.05) is 0 Å². The Morgan fingerprint density at radius 1 is 1.75 bits per heavy atom. The fraction of sp³-hybridized carbons (Fsp3) is 0.750. The van der Waals surface area contributed by atoms with E-state index in [9.17, 15) is 4.79 Å². The number of hydrogen-bond donors (Lipinski definition) is 1. The van der Waals surface area contributed by atoms with E-state index in [4.69, 9.17) is 5.11 Å². The molecule has 0 aliphatic heterocycles. The first kappa shape index (κ1) is 10.8. The molecule has 0 aliphatic carbocycles. The van der Waals surface area contributed by atoms with Crippen molar-refractivity contribution in [1.29, 1.82) is 0 Å². The summed E-state index contributed by atoms with van der Waals surface area (Å²) in [5.41, 5.74) is 0. The molecular weight excluding hydrogens is 160 g/mol. The van der Waals surface area contributed by atoms with E-state index in [1.807, 2.05) is 0 Å². The molecule has 0 amide bonds. The van der Waals surface area contributed by atoms with Gasteiger partial charge in [-0.2, -0.15) is 0 Å². The van der Waals surface area contributed by atoms with Gasteiger partial charge in [-0.15, -0.1) is 0 Å². The van der Waals surface area contributed by atoms with Crippen molar-refractivity contribution in [3.05, 3.63) is 0 Å². The molecular formula is C4H8CuO3. The Balaban J connectivity index is 0. The van der Waals surface area contributed by atoms with E-state index in [1.54, 1.807) is 0 Å². The van der Waals surface area contributed by atoms with Gasteiger partial charge in [0.2, 0.25) is 0 Å². The van der Waals surface area contributed by atoms with Crippen LogP contribution in [0.2, 0.25) is 0 Å². The quantitative estimate of drug-likeness (QED) is 0.447. The van der Waals surface area contributed by atoms with E-state index < -0.39 is 0 Å². The molecule has 4 heteroatoms. The third-order valence-electron chi connectivity index (χ3n) is 0.397. The molecule has 8 heavy (non-hydrogen) atoms. The van der Waals surface area contributed by atoms with Crippen LogP contribution in [0.15, 0.2) is 0 Å². The molecule has 3 nitrogen and oxygen atoms in total. The zero-order valence-electron chi connectivity index (χ0n) is 4.48. The van der Waals surface area contributed by atoms with Crippen LogP contribution in [0, 0.1) is 0 Å². The largest absolute Gasteiger partial charge is 0.463 e. The third kappa shape index (κ3) is 9.34. The summed E-state index contributed by atoms with van der Waals surface area (Å²) in [7, 11) is 0. The number of ether oxygens (including phenoxy) is 1. The average Bonchev–Trinajstić information content (AvgIpc) is 1.61. The molecule has 0 aromatic heterocycles. The van der Waals surface area contributed by atoms with Gasteiger partial charge in [-0.05, 0) is 0 Å². The van der Waals surface area contributed by atoms with Gasteiger partial charge < -0.3 is 9.84 Å². The summed E-state index contributed by atoms with van der Waals surface area (Å²) in [5.74, 6) is -0.353. The summed E-state index contributed by atoms with van der Waals surface area (Å²) in [6.07, 6.45) is 0. The summed E-state index contributed by atoms with van der Waals surface area (Å²) >= 11 is 0. The molecule has 1 N–H and O–H groups in total. The van der Waals surface area contributed by atoms with E-state index in [-0.39, 0.29) is 36.3 Å². The average molecular weight is 168 g/mol. The maximum absolute atomic E-state index is 9.87. The Hall–Kier alpha value is -0.0505. The second-order valence-electron chi connectivity index (χ2n) is 1.06. The van der Waals surface area contributed by atoms with Gasteiger partial charge in [0.05, 0.1) is 6.61 Å². The molecule has 0 heterocycles. The number of carbonyl (C=O) groups is 1. The van der Waals surface area contributed by atoms with Gasteiger partial charge in [0.15, 0.2) is 0 Å². The minimum Gasteiger partial charge on any atom is -0.463 e. The van der Waals surface area contributed by atoms with Gasteiger partial charge >= 0.3 is 5.97 Å². The molecule has 0 bridgehead atoms. The Kier molecular flexibility index (Phi) is 9.42. The molecule has 0 saturated heterocycles. The van der Waals surface area contributed by atoms with Crippen LogP contribution >= 0.6 is 0 Å². The fourth-order valence-corrected chi connectivity index (χ4v) is 0.189. The second-order valence-corrected chi connectivity index (χ2v) is 1.06. The third-order valence-corrected chi connectivity index (χ3v) is 0.397. The first-order valence-electron chi connectivity index (χ1n) is 2.01. The summed E-state index contributed by atoms with van der Waals surface area (Å²) in [6.45, 7) is 1.31. The molecule has 0 fully saturated rings. The zero-order valence-corrected chi connectivity index (χ0v) is 5.42. The number of rotatable bonds is 2. The van der Waals surface area contributed by atoms with Crippen molar-refractivity contribution < 1.29 is 31.7 Å². The second kappa shape index (κ2) is 6.95. The van der Waals surface area contributed by atoms with Crippen molar-refractivity contribution in [1.82, 2.24) is 0 Å². The van der Waals surface area contributed by atoms with Gasteiger partial charge in [0.1, 0.15) is 6.61 Å². The Bertz CT molecular complexity index is 64.3. The standard InChI is InChI=1S/C4H8O3.Cu/c1-4(6)7-3-2-5;/h5H,2-3H2,1H3;. The van der Waals surface area contributed by atoms with Gasteiger partial charge in [0, 0.05) is 24.0 Å². The van der Waals surface area contributed by atoms with Gasteiger partial charge in [0.25, 0.3) is 0 Å². The number of carbonyl (C=O) groups excluding carboxylic acids is 1. The number of aliphatic hydroxyl groups excluding tert-OH is 1. The monoisotopic (exact) mass is 167 g/mol. The normalized spacial score (nSPS) is 7.25. The van der Waals surface area contributed by atoms with Gasteiger partial charge in [-0.3, -0.25) is 4.79 Å². The number of hydrogen-bond acceptors (Lipinski definition) is 3. The van der Waals surface area contributed by atoms with Crippen molar-refractivity contribution in [3.63, 3.8) is 0 Å². The van der Waals surface area contributed by atoms with E-state index in [0.717, 1.165) is 0 Å². The molecule has 0 aliphatic rings. The van der Waals surface area contributed by atoms with Crippen molar-refractivity contribution >= 4 is 5.97 Å². The van der Waals surface area contributed by atoms with Crippen LogP contribution in [-0.4, -0.2) is 24.3 Å². The van der Waals surface area contributed by atoms with Crippen LogP contribution in [0.3, 0.4) is 0 Å². The van der Waals surface area contributed by atoms with Gasteiger partial charge in [-0.25, -0.2) is 0 Å². The molecule has 0 rings (SSSR count). The molecule has 0 aromatic rings. The summed E-state index contributed by atoms with van der Waals surface area (Å²) in [4.78, 5) is 9.87. The predicted octanol–water partition coefficient (Wildman–Crippen LogP) is -0.461. The maximum atomic E-state index is 9.87. The molecule has 0 unspecified atom stereocenters. The molecule has 0 atom stereocenters.